The van der Waals surface area contributed by atoms with E-state index in [4.69, 9.17) is 0 Å². The van der Waals surface area contributed by atoms with Crippen molar-refractivity contribution < 1.29 is 22.0 Å². The third kappa shape index (κ3) is 4.85. The number of amides is 1. The number of hydrogen-bond acceptors (Lipinski definition) is 4. The van der Waals surface area contributed by atoms with Crippen LogP contribution in [0.15, 0.2) is 53.4 Å². The van der Waals surface area contributed by atoms with Crippen LogP contribution in [0.4, 0.5) is 8.78 Å². The number of nitrogens with zero attached hydrogens (tertiary/aromatic N) is 2. The molecule has 2 aromatic rings. The summed E-state index contributed by atoms with van der Waals surface area (Å²) in [5, 5.41) is 2.90. The molecule has 0 saturated carbocycles. The summed E-state index contributed by atoms with van der Waals surface area (Å²) in [4.78, 5) is 14.2. The van der Waals surface area contributed by atoms with Crippen LogP contribution in [0.3, 0.4) is 0 Å². The molecule has 3 rings (SSSR count). The van der Waals surface area contributed by atoms with Crippen LogP contribution >= 0.6 is 0 Å². The molecule has 1 aliphatic rings. The van der Waals surface area contributed by atoms with Crippen molar-refractivity contribution in [2.45, 2.75) is 30.8 Å². The number of piperazine rings is 1. The second-order valence-corrected chi connectivity index (χ2v) is 9.23. The SMILES string of the molecule is C[C@H](NC(=O)[C@@H](C)N1CCN(S(=O)(=O)c2ccccc2F)CC1)c1ccc(F)cc1. The number of benzene rings is 2. The second kappa shape index (κ2) is 9.20. The van der Waals surface area contributed by atoms with Gasteiger partial charge in [-0.15, -0.1) is 0 Å². The molecule has 0 aliphatic carbocycles. The maximum absolute atomic E-state index is 13.9. The first kappa shape index (κ1) is 22.3. The Hall–Kier alpha value is -2.36. The highest BCUT2D eigenvalue weighted by Crippen LogP contribution is 2.21. The molecule has 0 aromatic heterocycles. The van der Waals surface area contributed by atoms with Gasteiger partial charge in [0.1, 0.15) is 16.5 Å². The predicted molar refractivity (Wildman–Crippen MR) is 109 cm³/mol. The van der Waals surface area contributed by atoms with Gasteiger partial charge in [0.2, 0.25) is 15.9 Å². The highest BCUT2D eigenvalue weighted by Gasteiger charge is 2.33. The molecule has 0 unspecified atom stereocenters. The number of nitrogens with one attached hydrogen (secondary N) is 1. The molecular weight excluding hydrogens is 412 g/mol. The van der Waals surface area contributed by atoms with Gasteiger partial charge in [-0.1, -0.05) is 24.3 Å². The highest BCUT2D eigenvalue weighted by molar-refractivity contribution is 7.89. The lowest BCUT2D eigenvalue weighted by Crippen LogP contribution is -2.55. The zero-order valence-electron chi connectivity index (χ0n) is 16.9. The van der Waals surface area contributed by atoms with Crippen molar-refractivity contribution in [2.24, 2.45) is 0 Å². The van der Waals surface area contributed by atoms with E-state index in [-0.39, 0.29) is 35.8 Å². The van der Waals surface area contributed by atoms with Crippen LogP contribution < -0.4 is 5.32 Å². The van der Waals surface area contributed by atoms with Gasteiger partial charge in [-0.05, 0) is 43.7 Å². The third-order valence-electron chi connectivity index (χ3n) is 5.38. The lowest BCUT2D eigenvalue weighted by atomic mass is 10.1. The third-order valence-corrected chi connectivity index (χ3v) is 7.32. The highest BCUT2D eigenvalue weighted by atomic mass is 32.2. The Balaban J connectivity index is 1.58. The first-order chi connectivity index (χ1) is 14.2. The van der Waals surface area contributed by atoms with Gasteiger partial charge in [0.25, 0.3) is 0 Å². The van der Waals surface area contributed by atoms with E-state index in [2.05, 4.69) is 5.32 Å². The van der Waals surface area contributed by atoms with Gasteiger partial charge >= 0.3 is 0 Å². The summed E-state index contributed by atoms with van der Waals surface area (Å²) in [5.41, 5.74) is 0.790. The largest absolute Gasteiger partial charge is 0.348 e. The Morgan fingerprint density at radius 3 is 2.17 bits per heavy atom. The van der Waals surface area contributed by atoms with Gasteiger partial charge < -0.3 is 5.32 Å². The zero-order chi connectivity index (χ0) is 21.9. The fourth-order valence-corrected chi connectivity index (χ4v) is 4.95. The molecule has 6 nitrogen and oxygen atoms in total. The molecule has 162 valence electrons. The maximum Gasteiger partial charge on any atom is 0.246 e. The van der Waals surface area contributed by atoms with E-state index in [0.29, 0.717) is 13.1 Å². The van der Waals surface area contributed by atoms with E-state index >= 15 is 0 Å². The smallest absolute Gasteiger partial charge is 0.246 e. The number of carbonyl (C=O) groups is 1. The van der Waals surface area contributed by atoms with E-state index in [1.807, 2.05) is 11.8 Å². The van der Waals surface area contributed by atoms with Gasteiger partial charge in [-0.25, -0.2) is 17.2 Å². The monoisotopic (exact) mass is 437 g/mol. The lowest BCUT2D eigenvalue weighted by molar-refractivity contribution is -0.127. The van der Waals surface area contributed by atoms with Crippen LogP contribution in [-0.4, -0.2) is 55.8 Å². The Kier molecular flexibility index (Phi) is 6.84. The molecule has 0 radical (unpaired) electrons. The minimum Gasteiger partial charge on any atom is -0.348 e. The summed E-state index contributed by atoms with van der Waals surface area (Å²) in [6.45, 7) is 4.62. The van der Waals surface area contributed by atoms with Crippen molar-refractivity contribution in [2.75, 3.05) is 26.2 Å². The van der Waals surface area contributed by atoms with E-state index < -0.39 is 21.9 Å². The minimum absolute atomic E-state index is 0.168. The Morgan fingerprint density at radius 2 is 1.57 bits per heavy atom. The van der Waals surface area contributed by atoms with Crippen molar-refractivity contribution in [3.8, 4) is 0 Å². The average Bonchev–Trinajstić information content (AvgIpc) is 2.74. The van der Waals surface area contributed by atoms with Crippen molar-refractivity contribution in [3.05, 3.63) is 65.7 Å². The lowest BCUT2D eigenvalue weighted by Gasteiger charge is -2.37. The molecule has 2 aromatic carbocycles. The van der Waals surface area contributed by atoms with Crippen LogP contribution in [0.25, 0.3) is 0 Å². The Labute approximate surface area is 175 Å². The van der Waals surface area contributed by atoms with E-state index in [0.717, 1.165) is 11.6 Å². The molecule has 1 heterocycles. The van der Waals surface area contributed by atoms with Gasteiger partial charge in [0, 0.05) is 26.2 Å². The first-order valence-corrected chi connectivity index (χ1v) is 11.2. The van der Waals surface area contributed by atoms with E-state index in [9.17, 15) is 22.0 Å². The second-order valence-electron chi connectivity index (χ2n) is 7.33. The van der Waals surface area contributed by atoms with Gasteiger partial charge in [0.15, 0.2) is 0 Å². The summed E-state index contributed by atoms with van der Waals surface area (Å²) in [6, 6.07) is 10.5. The summed E-state index contributed by atoms with van der Waals surface area (Å²) < 4.78 is 53.7. The molecule has 1 aliphatic heterocycles. The van der Waals surface area contributed by atoms with Crippen molar-refractivity contribution in [1.82, 2.24) is 14.5 Å². The summed E-state index contributed by atoms with van der Waals surface area (Å²) in [7, 11) is -3.92. The standard InChI is InChI=1S/C21H25F2N3O3S/c1-15(17-7-9-18(22)10-8-17)24-21(27)16(2)25-11-13-26(14-12-25)30(28,29)20-6-4-3-5-19(20)23/h3-10,15-16H,11-14H2,1-2H3,(H,24,27)/t15-,16+/m0/s1. The topological polar surface area (TPSA) is 69.7 Å². The fourth-order valence-electron chi connectivity index (χ4n) is 3.46. The molecule has 0 bridgehead atoms. The van der Waals surface area contributed by atoms with Crippen LogP contribution in [0.2, 0.25) is 0 Å². The summed E-state index contributed by atoms with van der Waals surface area (Å²) in [5.74, 6) is -1.31. The summed E-state index contributed by atoms with van der Waals surface area (Å²) in [6.07, 6.45) is 0. The minimum atomic E-state index is -3.92. The zero-order valence-corrected chi connectivity index (χ0v) is 17.7. The predicted octanol–water partition coefficient (Wildman–Crippen LogP) is 2.54. The number of hydrogen-bond donors (Lipinski definition) is 1. The van der Waals surface area contributed by atoms with Crippen LogP contribution in [0, 0.1) is 11.6 Å². The quantitative estimate of drug-likeness (QED) is 0.754. The first-order valence-electron chi connectivity index (χ1n) is 9.74. The van der Waals surface area contributed by atoms with Gasteiger partial charge in [0.05, 0.1) is 12.1 Å². The van der Waals surface area contributed by atoms with Crippen LogP contribution in [0.1, 0.15) is 25.5 Å². The van der Waals surface area contributed by atoms with Crippen molar-refractivity contribution in [1.29, 1.82) is 0 Å². The molecule has 2 atom stereocenters. The summed E-state index contributed by atoms with van der Waals surface area (Å²) >= 11 is 0. The Bertz CT molecular complexity index is 991. The van der Waals surface area contributed by atoms with Gasteiger partial charge in [-0.2, -0.15) is 4.31 Å². The maximum atomic E-state index is 13.9. The molecule has 1 saturated heterocycles. The number of halogens is 2. The average molecular weight is 438 g/mol. The number of sulfonamides is 1. The molecule has 1 N–H and O–H groups in total. The van der Waals surface area contributed by atoms with Crippen molar-refractivity contribution >= 4 is 15.9 Å². The normalized spacial score (nSPS) is 18.0. The molecular formula is C21H25F2N3O3S. The van der Waals surface area contributed by atoms with Crippen LogP contribution in [-0.2, 0) is 14.8 Å². The molecule has 30 heavy (non-hydrogen) atoms. The van der Waals surface area contributed by atoms with E-state index in [1.54, 1.807) is 19.1 Å². The number of rotatable bonds is 6. The Morgan fingerprint density at radius 1 is 0.967 bits per heavy atom. The van der Waals surface area contributed by atoms with Crippen LogP contribution in [0.5, 0.6) is 0 Å². The van der Waals surface area contributed by atoms with Gasteiger partial charge in [-0.3, -0.25) is 9.69 Å². The van der Waals surface area contributed by atoms with Crippen molar-refractivity contribution in [3.63, 3.8) is 0 Å². The fraction of sp³-hybridized carbons (Fsp3) is 0.381. The molecule has 0 spiro atoms. The molecule has 1 fully saturated rings. The van der Waals surface area contributed by atoms with E-state index in [1.165, 1.54) is 34.6 Å². The molecule has 1 amide bonds. The number of carbonyl (C=O) groups excluding carboxylic acids is 1. The molecule has 9 heteroatoms.